The SMILES string of the molecule is CC(C)(C)OC(=O)N[C@H](CNO)Cc1ccc(Oc2ccc(Cl)cc2)cc1. The van der Waals surface area contributed by atoms with E-state index in [1.807, 2.05) is 24.3 Å². The van der Waals surface area contributed by atoms with E-state index in [2.05, 4.69) is 10.8 Å². The Kier molecular flexibility index (Phi) is 7.47. The number of alkyl carbamates (subject to hydrolysis) is 1. The standard InChI is InChI=1S/C20H25ClN2O4/c1-20(2,3)27-19(24)23-16(13-22-25)12-14-4-8-17(9-5-14)26-18-10-6-15(21)7-11-18/h4-11,16,22,25H,12-13H2,1-3H3,(H,23,24)/t16-/m0/s1. The number of benzene rings is 2. The number of rotatable bonds is 7. The Morgan fingerprint density at radius 2 is 1.63 bits per heavy atom. The van der Waals surface area contributed by atoms with Gasteiger partial charge in [-0.05, 0) is 69.2 Å². The lowest BCUT2D eigenvalue weighted by Gasteiger charge is -2.23. The Labute approximate surface area is 164 Å². The average Bonchev–Trinajstić information content (AvgIpc) is 2.57. The van der Waals surface area contributed by atoms with Crippen molar-refractivity contribution < 1.29 is 19.5 Å². The van der Waals surface area contributed by atoms with E-state index in [-0.39, 0.29) is 12.6 Å². The zero-order valence-electron chi connectivity index (χ0n) is 15.7. The second-order valence-corrected chi connectivity index (χ2v) is 7.55. The van der Waals surface area contributed by atoms with Crippen molar-refractivity contribution in [3.8, 4) is 11.5 Å². The van der Waals surface area contributed by atoms with Crippen LogP contribution >= 0.6 is 11.6 Å². The van der Waals surface area contributed by atoms with Crippen molar-refractivity contribution in [1.29, 1.82) is 0 Å². The molecule has 2 rings (SSSR count). The highest BCUT2D eigenvalue weighted by molar-refractivity contribution is 6.30. The predicted octanol–water partition coefficient (Wildman–Crippen LogP) is 4.55. The summed E-state index contributed by atoms with van der Waals surface area (Å²) in [7, 11) is 0. The van der Waals surface area contributed by atoms with Gasteiger partial charge in [-0.15, -0.1) is 0 Å². The zero-order valence-corrected chi connectivity index (χ0v) is 16.4. The molecule has 6 nitrogen and oxygen atoms in total. The Hall–Kier alpha value is -2.28. The quantitative estimate of drug-likeness (QED) is 0.602. The first-order chi connectivity index (χ1) is 12.7. The molecule has 0 heterocycles. The van der Waals surface area contributed by atoms with Crippen molar-refractivity contribution in [2.24, 2.45) is 0 Å². The van der Waals surface area contributed by atoms with Gasteiger partial charge in [0.05, 0.1) is 6.04 Å². The predicted molar refractivity (Wildman–Crippen MR) is 105 cm³/mol. The highest BCUT2D eigenvalue weighted by Gasteiger charge is 2.19. The summed E-state index contributed by atoms with van der Waals surface area (Å²) in [4.78, 5) is 11.9. The Morgan fingerprint density at radius 1 is 1.07 bits per heavy atom. The summed E-state index contributed by atoms with van der Waals surface area (Å²) >= 11 is 5.86. The van der Waals surface area contributed by atoms with Gasteiger partial charge in [-0.1, -0.05) is 23.7 Å². The minimum Gasteiger partial charge on any atom is -0.457 e. The molecule has 0 fully saturated rings. The summed E-state index contributed by atoms with van der Waals surface area (Å²) in [6, 6.07) is 14.3. The smallest absolute Gasteiger partial charge is 0.407 e. The summed E-state index contributed by atoms with van der Waals surface area (Å²) in [5, 5.41) is 12.4. The first kappa shape index (κ1) is 21.0. The third-order valence-electron chi connectivity index (χ3n) is 3.51. The fraction of sp³-hybridized carbons (Fsp3) is 0.350. The number of carbonyl (C=O) groups excluding carboxylic acids is 1. The molecule has 0 saturated heterocycles. The zero-order chi connectivity index (χ0) is 19.9. The van der Waals surface area contributed by atoms with Crippen LogP contribution in [0, 0.1) is 0 Å². The van der Waals surface area contributed by atoms with Crippen molar-refractivity contribution in [2.75, 3.05) is 6.54 Å². The third kappa shape index (κ3) is 7.86. The van der Waals surface area contributed by atoms with Gasteiger partial charge >= 0.3 is 6.09 Å². The number of carbonyl (C=O) groups is 1. The number of hydroxylamine groups is 1. The van der Waals surface area contributed by atoms with Crippen molar-refractivity contribution in [3.63, 3.8) is 0 Å². The first-order valence-corrected chi connectivity index (χ1v) is 9.02. The average molecular weight is 393 g/mol. The summed E-state index contributed by atoms with van der Waals surface area (Å²) in [5.41, 5.74) is 2.50. The number of hydrogen-bond acceptors (Lipinski definition) is 5. The van der Waals surface area contributed by atoms with Gasteiger partial charge in [0, 0.05) is 11.6 Å². The highest BCUT2D eigenvalue weighted by Crippen LogP contribution is 2.23. The second-order valence-electron chi connectivity index (χ2n) is 7.11. The number of nitrogens with one attached hydrogen (secondary N) is 2. The number of hydrogen-bond donors (Lipinski definition) is 3. The van der Waals surface area contributed by atoms with E-state index in [9.17, 15) is 4.79 Å². The molecule has 0 aromatic heterocycles. The Morgan fingerprint density at radius 3 is 2.15 bits per heavy atom. The van der Waals surface area contributed by atoms with Crippen LogP contribution in [0.1, 0.15) is 26.3 Å². The maximum atomic E-state index is 11.9. The van der Waals surface area contributed by atoms with E-state index >= 15 is 0 Å². The molecule has 0 spiro atoms. The Balaban J connectivity index is 1.95. The van der Waals surface area contributed by atoms with Crippen LogP contribution in [0.3, 0.4) is 0 Å². The molecule has 0 aliphatic heterocycles. The highest BCUT2D eigenvalue weighted by atomic mass is 35.5. The van der Waals surface area contributed by atoms with Gasteiger partial charge < -0.3 is 20.0 Å². The van der Waals surface area contributed by atoms with Gasteiger partial charge in [0.25, 0.3) is 0 Å². The maximum absolute atomic E-state index is 11.9. The van der Waals surface area contributed by atoms with Crippen molar-refractivity contribution in [2.45, 2.75) is 38.8 Å². The number of halogens is 1. The molecule has 2 aromatic carbocycles. The van der Waals surface area contributed by atoms with E-state index in [0.29, 0.717) is 22.9 Å². The van der Waals surface area contributed by atoms with Crippen LogP contribution < -0.4 is 15.5 Å². The number of amides is 1. The van der Waals surface area contributed by atoms with Crippen molar-refractivity contribution >= 4 is 17.7 Å². The van der Waals surface area contributed by atoms with E-state index in [1.54, 1.807) is 45.0 Å². The molecule has 0 bridgehead atoms. The summed E-state index contributed by atoms with van der Waals surface area (Å²) in [5.74, 6) is 1.39. The molecule has 1 amide bonds. The summed E-state index contributed by atoms with van der Waals surface area (Å²) in [6.45, 7) is 5.59. The molecule has 146 valence electrons. The molecule has 0 radical (unpaired) electrons. The fourth-order valence-corrected chi connectivity index (χ4v) is 2.50. The topological polar surface area (TPSA) is 79.8 Å². The van der Waals surface area contributed by atoms with Gasteiger partial charge in [-0.2, -0.15) is 0 Å². The lowest BCUT2D eigenvalue weighted by Crippen LogP contribution is -2.45. The largest absolute Gasteiger partial charge is 0.457 e. The molecule has 2 aromatic rings. The van der Waals surface area contributed by atoms with Crippen LogP contribution in [-0.2, 0) is 11.2 Å². The molecule has 0 saturated carbocycles. The molecular formula is C20H25ClN2O4. The molecule has 7 heteroatoms. The van der Waals surface area contributed by atoms with Gasteiger partial charge in [0.1, 0.15) is 17.1 Å². The van der Waals surface area contributed by atoms with Crippen LogP contribution in [0.25, 0.3) is 0 Å². The molecular weight excluding hydrogens is 368 g/mol. The molecule has 1 atom stereocenters. The van der Waals surface area contributed by atoms with Crippen molar-refractivity contribution in [1.82, 2.24) is 10.8 Å². The Bertz CT molecular complexity index is 727. The van der Waals surface area contributed by atoms with Gasteiger partial charge in [-0.3, -0.25) is 0 Å². The van der Waals surface area contributed by atoms with E-state index in [4.69, 9.17) is 26.3 Å². The minimum atomic E-state index is -0.581. The number of ether oxygens (including phenoxy) is 2. The van der Waals surface area contributed by atoms with E-state index < -0.39 is 11.7 Å². The maximum Gasteiger partial charge on any atom is 0.407 e. The molecule has 0 aliphatic carbocycles. The van der Waals surface area contributed by atoms with Crippen LogP contribution in [0.15, 0.2) is 48.5 Å². The van der Waals surface area contributed by atoms with Gasteiger partial charge in [0.15, 0.2) is 0 Å². The van der Waals surface area contributed by atoms with Crippen molar-refractivity contribution in [3.05, 3.63) is 59.1 Å². The summed E-state index contributed by atoms with van der Waals surface area (Å²) < 4.78 is 11.0. The lowest BCUT2D eigenvalue weighted by molar-refractivity contribution is 0.0489. The molecule has 0 unspecified atom stereocenters. The fourth-order valence-electron chi connectivity index (χ4n) is 2.38. The van der Waals surface area contributed by atoms with Crippen LogP contribution in [0.4, 0.5) is 4.79 Å². The minimum absolute atomic E-state index is 0.197. The lowest BCUT2D eigenvalue weighted by atomic mass is 10.1. The van der Waals surface area contributed by atoms with Gasteiger partial charge in [0.2, 0.25) is 0 Å². The normalized spacial score (nSPS) is 12.3. The van der Waals surface area contributed by atoms with E-state index in [1.165, 1.54) is 0 Å². The van der Waals surface area contributed by atoms with Gasteiger partial charge in [-0.25, -0.2) is 10.3 Å². The van der Waals surface area contributed by atoms with Crippen LogP contribution in [0.2, 0.25) is 5.02 Å². The third-order valence-corrected chi connectivity index (χ3v) is 3.77. The molecule has 27 heavy (non-hydrogen) atoms. The van der Waals surface area contributed by atoms with E-state index in [0.717, 1.165) is 5.56 Å². The second kappa shape index (κ2) is 9.60. The summed E-state index contributed by atoms with van der Waals surface area (Å²) in [6.07, 6.45) is -0.000886. The molecule has 3 N–H and O–H groups in total. The van der Waals surface area contributed by atoms with Crippen LogP contribution in [0.5, 0.6) is 11.5 Å². The molecule has 0 aliphatic rings. The van der Waals surface area contributed by atoms with Crippen LogP contribution in [-0.4, -0.2) is 29.5 Å². The first-order valence-electron chi connectivity index (χ1n) is 8.64. The monoisotopic (exact) mass is 392 g/mol.